The summed E-state index contributed by atoms with van der Waals surface area (Å²) in [7, 11) is 0. The Morgan fingerprint density at radius 2 is 1.91 bits per heavy atom. The van der Waals surface area contributed by atoms with Crippen LogP contribution in [0, 0.1) is 5.92 Å². The molecule has 23 heavy (non-hydrogen) atoms. The SMILES string of the molecule is CC(C(=O)N[C@H](C)CCO)N1CCC(Cc2ccccc2)CC1. The average molecular weight is 318 g/mol. The number of nitrogens with zero attached hydrogens (tertiary/aromatic N) is 1. The summed E-state index contributed by atoms with van der Waals surface area (Å²) in [5.41, 5.74) is 1.41. The van der Waals surface area contributed by atoms with Crippen LogP contribution in [0.15, 0.2) is 30.3 Å². The van der Waals surface area contributed by atoms with Crippen molar-refractivity contribution < 1.29 is 9.90 Å². The van der Waals surface area contributed by atoms with E-state index in [0.29, 0.717) is 6.42 Å². The van der Waals surface area contributed by atoms with Gasteiger partial charge in [0.1, 0.15) is 0 Å². The number of hydrogen-bond donors (Lipinski definition) is 2. The summed E-state index contributed by atoms with van der Waals surface area (Å²) in [4.78, 5) is 14.5. The molecule has 0 bridgehead atoms. The Labute approximate surface area is 139 Å². The third kappa shape index (κ3) is 5.63. The minimum Gasteiger partial charge on any atom is -0.396 e. The number of nitrogens with one attached hydrogen (secondary N) is 1. The van der Waals surface area contributed by atoms with Gasteiger partial charge < -0.3 is 10.4 Å². The van der Waals surface area contributed by atoms with Crippen molar-refractivity contribution in [2.24, 2.45) is 5.92 Å². The molecule has 4 nitrogen and oxygen atoms in total. The lowest BCUT2D eigenvalue weighted by atomic mass is 9.89. The van der Waals surface area contributed by atoms with Crippen LogP contribution in [-0.4, -0.2) is 47.7 Å². The van der Waals surface area contributed by atoms with Gasteiger partial charge in [0.05, 0.1) is 6.04 Å². The van der Waals surface area contributed by atoms with E-state index in [0.717, 1.165) is 38.3 Å². The fraction of sp³-hybridized carbons (Fsp3) is 0.632. The molecule has 1 fully saturated rings. The van der Waals surface area contributed by atoms with Crippen LogP contribution in [0.25, 0.3) is 0 Å². The number of amides is 1. The van der Waals surface area contributed by atoms with Gasteiger partial charge in [-0.1, -0.05) is 30.3 Å². The quantitative estimate of drug-likeness (QED) is 0.810. The van der Waals surface area contributed by atoms with Gasteiger partial charge in [-0.2, -0.15) is 0 Å². The Morgan fingerprint density at radius 1 is 1.26 bits per heavy atom. The molecule has 128 valence electrons. The van der Waals surface area contributed by atoms with E-state index in [9.17, 15) is 4.79 Å². The second kappa shape index (κ2) is 9.04. The van der Waals surface area contributed by atoms with Gasteiger partial charge in [-0.25, -0.2) is 0 Å². The van der Waals surface area contributed by atoms with Crippen LogP contribution >= 0.6 is 0 Å². The molecule has 2 atom stereocenters. The maximum absolute atomic E-state index is 12.3. The van der Waals surface area contributed by atoms with Crippen molar-refractivity contribution in [3.05, 3.63) is 35.9 Å². The summed E-state index contributed by atoms with van der Waals surface area (Å²) in [6, 6.07) is 10.6. The number of piperidine rings is 1. The summed E-state index contributed by atoms with van der Waals surface area (Å²) < 4.78 is 0. The first-order chi connectivity index (χ1) is 11.1. The van der Waals surface area contributed by atoms with E-state index in [-0.39, 0.29) is 24.6 Å². The maximum atomic E-state index is 12.3. The molecule has 2 N–H and O–H groups in total. The molecule has 1 unspecified atom stereocenters. The molecule has 0 saturated carbocycles. The lowest BCUT2D eigenvalue weighted by molar-refractivity contribution is -0.127. The van der Waals surface area contributed by atoms with E-state index in [1.807, 2.05) is 13.8 Å². The summed E-state index contributed by atoms with van der Waals surface area (Å²) in [6.45, 7) is 6.01. The monoisotopic (exact) mass is 318 g/mol. The summed E-state index contributed by atoms with van der Waals surface area (Å²) in [6.07, 6.45) is 4.05. The highest BCUT2D eigenvalue weighted by atomic mass is 16.3. The Balaban J connectivity index is 1.76. The molecular weight excluding hydrogens is 288 g/mol. The van der Waals surface area contributed by atoms with Gasteiger partial charge in [0.25, 0.3) is 0 Å². The fourth-order valence-corrected chi connectivity index (χ4v) is 3.29. The van der Waals surface area contributed by atoms with Crippen molar-refractivity contribution in [3.63, 3.8) is 0 Å². The molecule has 1 saturated heterocycles. The molecule has 0 aliphatic carbocycles. The van der Waals surface area contributed by atoms with Gasteiger partial charge in [0, 0.05) is 12.6 Å². The molecule has 0 radical (unpaired) electrons. The third-order valence-corrected chi connectivity index (χ3v) is 4.89. The van der Waals surface area contributed by atoms with E-state index in [1.54, 1.807) is 0 Å². The van der Waals surface area contributed by atoms with Crippen molar-refractivity contribution in [3.8, 4) is 0 Å². The number of aliphatic hydroxyl groups excluding tert-OH is 1. The van der Waals surface area contributed by atoms with Crippen LogP contribution in [0.2, 0.25) is 0 Å². The van der Waals surface area contributed by atoms with Crippen LogP contribution in [-0.2, 0) is 11.2 Å². The highest BCUT2D eigenvalue weighted by molar-refractivity contribution is 5.81. The molecule has 1 aromatic rings. The first-order valence-corrected chi connectivity index (χ1v) is 8.79. The third-order valence-electron chi connectivity index (χ3n) is 4.89. The van der Waals surface area contributed by atoms with Crippen LogP contribution < -0.4 is 5.32 Å². The predicted molar refractivity (Wildman–Crippen MR) is 93.2 cm³/mol. The van der Waals surface area contributed by atoms with Gasteiger partial charge in [-0.05, 0) is 64.1 Å². The Kier molecular flexibility index (Phi) is 7.06. The molecule has 1 heterocycles. The molecular formula is C19H30N2O2. The zero-order valence-electron chi connectivity index (χ0n) is 14.4. The number of hydrogen-bond acceptors (Lipinski definition) is 3. The van der Waals surface area contributed by atoms with Crippen molar-refractivity contribution in [1.29, 1.82) is 0 Å². The van der Waals surface area contributed by atoms with E-state index in [4.69, 9.17) is 5.11 Å². The number of carbonyl (C=O) groups is 1. The predicted octanol–water partition coefficient (Wildman–Crippen LogP) is 2.22. The Morgan fingerprint density at radius 3 is 2.52 bits per heavy atom. The van der Waals surface area contributed by atoms with Crippen LogP contribution in [0.5, 0.6) is 0 Å². The number of rotatable bonds is 7. The molecule has 2 rings (SSSR count). The van der Waals surface area contributed by atoms with E-state index < -0.39 is 0 Å². The Bertz CT molecular complexity index is 470. The van der Waals surface area contributed by atoms with Gasteiger partial charge >= 0.3 is 0 Å². The van der Waals surface area contributed by atoms with E-state index in [2.05, 4.69) is 40.5 Å². The normalized spacial score (nSPS) is 19.3. The molecule has 1 amide bonds. The molecule has 1 aromatic carbocycles. The molecule has 1 aliphatic rings. The maximum Gasteiger partial charge on any atom is 0.237 e. The van der Waals surface area contributed by atoms with Gasteiger partial charge in [0.2, 0.25) is 5.91 Å². The average Bonchev–Trinajstić information content (AvgIpc) is 2.56. The van der Waals surface area contributed by atoms with Gasteiger partial charge in [-0.3, -0.25) is 9.69 Å². The minimum absolute atomic E-state index is 0.0329. The number of carbonyl (C=O) groups excluding carboxylic acids is 1. The molecule has 4 heteroatoms. The van der Waals surface area contributed by atoms with Crippen molar-refractivity contribution in [2.75, 3.05) is 19.7 Å². The summed E-state index contributed by atoms with van der Waals surface area (Å²) in [5.74, 6) is 0.796. The lowest BCUT2D eigenvalue weighted by Crippen LogP contribution is -2.50. The minimum atomic E-state index is -0.0891. The van der Waals surface area contributed by atoms with Gasteiger partial charge in [0.15, 0.2) is 0 Å². The van der Waals surface area contributed by atoms with Crippen molar-refractivity contribution in [2.45, 2.75) is 51.6 Å². The topological polar surface area (TPSA) is 52.6 Å². The second-order valence-electron chi connectivity index (χ2n) is 6.77. The summed E-state index contributed by atoms with van der Waals surface area (Å²) >= 11 is 0. The zero-order valence-corrected chi connectivity index (χ0v) is 14.4. The van der Waals surface area contributed by atoms with Crippen molar-refractivity contribution >= 4 is 5.91 Å². The molecule has 0 spiro atoms. The second-order valence-corrected chi connectivity index (χ2v) is 6.77. The number of benzene rings is 1. The standard InChI is InChI=1S/C19H30N2O2/c1-15(10-13-22)20-19(23)16(2)21-11-8-18(9-12-21)14-17-6-4-3-5-7-17/h3-7,15-16,18,22H,8-14H2,1-2H3,(H,20,23)/t15-,16?/m1/s1. The van der Waals surface area contributed by atoms with E-state index >= 15 is 0 Å². The molecule has 1 aliphatic heterocycles. The smallest absolute Gasteiger partial charge is 0.237 e. The van der Waals surface area contributed by atoms with Crippen LogP contribution in [0.4, 0.5) is 0 Å². The number of likely N-dealkylation sites (tertiary alicyclic amines) is 1. The highest BCUT2D eigenvalue weighted by Crippen LogP contribution is 2.23. The number of aliphatic hydroxyl groups is 1. The van der Waals surface area contributed by atoms with Crippen LogP contribution in [0.1, 0.15) is 38.7 Å². The fourth-order valence-electron chi connectivity index (χ4n) is 3.29. The molecule has 0 aromatic heterocycles. The summed E-state index contributed by atoms with van der Waals surface area (Å²) in [5, 5.41) is 11.9. The first-order valence-electron chi connectivity index (χ1n) is 8.79. The first kappa shape index (κ1) is 18.0. The Hall–Kier alpha value is -1.39. The largest absolute Gasteiger partial charge is 0.396 e. The van der Waals surface area contributed by atoms with Crippen LogP contribution in [0.3, 0.4) is 0 Å². The van der Waals surface area contributed by atoms with Gasteiger partial charge in [-0.15, -0.1) is 0 Å². The highest BCUT2D eigenvalue weighted by Gasteiger charge is 2.27. The lowest BCUT2D eigenvalue weighted by Gasteiger charge is -2.35. The van der Waals surface area contributed by atoms with Crippen molar-refractivity contribution in [1.82, 2.24) is 10.2 Å². The van der Waals surface area contributed by atoms with E-state index in [1.165, 1.54) is 5.56 Å². The zero-order chi connectivity index (χ0) is 16.7.